The lowest BCUT2D eigenvalue weighted by Crippen LogP contribution is -2.31. The van der Waals surface area contributed by atoms with E-state index in [-0.39, 0.29) is 6.09 Å². The summed E-state index contributed by atoms with van der Waals surface area (Å²) in [4.78, 5) is 13.3. The number of methoxy groups -OCH3 is 1. The summed E-state index contributed by atoms with van der Waals surface area (Å²) < 4.78 is 4.77. The van der Waals surface area contributed by atoms with Crippen LogP contribution in [0.5, 0.6) is 0 Å². The third kappa shape index (κ3) is 3.93. The summed E-state index contributed by atoms with van der Waals surface area (Å²) in [6, 6.07) is 9.96. The minimum absolute atomic E-state index is 0.252. The molecule has 0 aliphatic heterocycles. The molecule has 0 aliphatic carbocycles. The first-order chi connectivity index (χ1) is 7.77. The molecule has 1 rings (SSSR count). The molecule has 1 aromatic rings. The van der Waals surface area contributed by atoms with Crippen molar-refractivity contribution in [2.75, 3.05) is 13.7 Å². The maximum absolute atomic E-state index is 11.5. The number of amides is 1. The van der Waals surface area contributed by atoms with E-state index in [1.807, 2.05) is 30.3 Å². The van der Waals surface area contributed by atoms with Gasteiger partial charge in [-0.25, -0.2) is 4.79 Å². The van der Waals surface area contributed by atoms with E-state index in [0.29, 0.717) is 6.54 Å². The Balaban J connectivity index is 2.59. The third-order valence-electron chi connectivity index (χ3n) is 2.43. The number of carbonyl (C=O) groups excluding carboxylic acids is 1. The Morgan fingerprint density at radius 1 is 1.31 bits per heavy atom. The van der Waals surface area contributed by atoms with Gasteiger partial charge in [0.2, 0.25) is 0 Å². The lowest BCUT2D eigenvalue weighted by atomic mass is 10.2. The Morgan fingerprint density at radius 2 is 2.00 bits per heavy atom. The zero-order valence-corrected chi connectivity index (χ0v) is 9.98. The Kier molecular flexibility index (Phi) is 5.40. The van der Waals surface area contributed by atoms with Gasteiger partial charge in [0.05, 0.1) is 7.11 Å². The average molecular weight is 221 g/mol. The van der Waals surface area contributed by atoms with Gasteiger partial charge in [-0.3, -0.25) is 0 Å². The molecule has 0 radical (unpaired) electrons. The van der Waals surface area contributed by atoms with Crippen molar-refractivity contribution in [3.63, 3.8) is 0 Å². The molecule has 0 saturated heterocycles. The van der Waals surface area contributed by atoms with Gasteiger partial charge in [0.1, 0.15) is 0 Å². The standard InChI is InChI=1S/C13H19NO2/c1-3-4-10-14(13(15)16-2)11-12-8-6-5-7-9-12/h5-9H,3-4,10-11H2,1-2H3. The summed E-state index contributed by atoms with van der Waals surface area (Å²) in [7, 11) is 1.42. The lowest BCUT2D eigenvalue weighted by Gasteiger charge is -2.20. The number of rotatable bonds is 5. The molecule has 0 unspecified atom stereocenters. The molecule has 0 aromatic heterocycles. The topological polar surface area (TPSA) is 29.5 Å². The van der Waals surface area contributed by atoms with Crippen molar-refractivity contribution in [3.05, 3.63) is 35.9 Å². The predicted molar refractivity (Wildman–Crippen MR) is 64.2 cm³/mol. The molecule has 0 bridgehead atoms. The molecule has 0 atom stereocenters. The minimum atomic E-state index is -0.252. The first-order valence-electron chi connectivity index (χ1n) is 5.64. The van der Waals surface area contributed by atoms with E-state index in [2.05, 4.69) is 6.92 Å². The van der Waals surface area contributed by atoms with Crippen molar-refractivity contribution in [3.8, 4) is 0 Å². The summed E-state index contributed by atoms with van der Waals surface area (Å²) in [6.07, 6.45) is 1.82. The second kappa shape index (κ2) is 6.88. The second-order valence-electron chi connectivity index (χ2n) is 3.73. The van der Waals surface area contributed by atoms with Crippen LogP contribution in [0.15, 0.2) is 30.3 Å². The van der Waals surface area contributed by atoms with Gasteiger partial charge >= 0.3 is 6.09 Å². The normalized spacial score (nSPS) is 9.88. The van der Waals surface area contributed by atoms with E-state index in [1.165, 1.54) is 7.11 Å². The summed E-state index contributed by atoms with van der Waals surface area (Å²) in [6.45, 7) is 3.48. The Morgan fingerprint density at radius 3 is 2.56 bits per heavy atom. The smallest absolute Gasteiger partial charge is 0.409 e. The first-order valence-corrected chi connectivity index (χ1v) is 5.64. The fourth-order valence-corrected chi connectivity index (χ4v) is 1.52. The molecule has 0 heterocycles. The van der Waals surface area contributed by atoms with Crippen LogP contribution >= 0.6 is 0 Å². The highest BCUT2D eigenvalue weighted by molar-refractivity contribution is 5.67. The molecule has 0 fully saturated rings. The SMILES string of the molecule is CCCCN(Cc1ccccc1)C(=O)OC. The molecule has 3 nitrogen and oxygen atoms in total. The summed E-state index contributed by atoms with van der Waals surface area (Å²) in [5.74, 6) is 0. The molecule has 0 saturated carbocycles. The molecule has 1 aromatic carbocycles. The van der Waals surface area contributed by atoms with E-state index < -0.39 is 0 Å². The zero-order valence-electron chi connectivity index (χ0n) is 9.98. The quantitative estimate of drug-likeness (QED) is 0.764. The van der Waals surface area contributed by atoms with E-state index >= 15 is 0 Å². The molecule has 0 aliphatic rings. The van der Waals surface area contributed by atoms with E-state index in [4.69, 9.17) is 4.74 Å². The molecular formula is C13H19NO2. The molecule has 3 heteroatoms. The van der Waals surface area contributed by atoms with Gasteiger partial charge < -0.3 is 9.64 Å². The number of nitrogens with zero attached hydrogens (tertiary/aromatic N) is 1. The van der Waals surface area contributed by atoms with Gasteiger partial charge in [-0.1, -0.05) is 43.7 Å². The fourth-order valence-electron chi connectivity index (χ4n) is 1.52. The van der Waals surface area contributed by atoms with E-state index in [9.17, 15) is 4.79 Å². The highest BCUT2D eigenvalue weighted by Crippen LogP contribution is 2.07. The Labute approximate surface area is 97.0 Å². The van der Waals surface area contributed by atoms with Crippen molar-refractivity contribution < 1.29 is 9.53 Å². The number of hydrogen-bond donors (Lipinski definition) is 0. The Bertz CT molecular complexity index is 311. The van der Waals surface area contributed by atoms with Gasteiger partial charge in [-0.2, -0.15) is 0 Å². The van der Waals surface area contributed by atoms with Crippen molar-refractivity contribution in [2.45, 2.75) is 26.3 Å². The van der Waals surface area contributed by atoms with E-state index in [0.717, 1.165) is 24.9 Å². The number of hydrogen-bond acceptors (Lipinski definition) is 2. The molecular weight excluding hydrogens is 202 g/mol. The number of ether oxygens (including phenoxy) is 1. The van der Waals surface area contributed by atoms with Gasteiger partial charge in [-0.05, 0) is 12.0 Å². The van der Waals surface area contributed by atoms with Crippen LogP contribution in [0.2, 0.25) is 0 Å². The predicted octanol–water partition coefficient (Wildman–Crippen LogP) is 3.06. The first kappa shape index (κ1) is 12.6. The summed E-state index contributed by atoms with van der Waals surface area (Å²) >= 11 is 0. The highest BCUT2D eigenvalue weighted by Gasteiger charge is 2.12. The maximum atomic E-state index is 11.5. The molecule has 16 heavy (non-hydrogen) atoms. The second-order valence-corrected chi connectivity index (χ2v) is 3.73. The monoisotopic (exact) mass is 221 g/mol. The van der Waals surface area contributed by atoms with Crippen LogP contribution in [-0.2, 0) is 11.3 Å². The van der Waals surface area contributed by atoms with Crippen LogP contribution in [0.3, 0.4) is 0 Å². The van der Waals surface area contributed by atoms with Crippen LogP contribution in [0, 0.1) is 0 Å². The van der Waals surface area contributed by atoms with Crippen molar-refractivity contribution in [1.29, 1.82) is 0 Å². The van der Waals surface area contributed by atoms with Gasteiger partial charge in [0, 0.05) is 13.1 Å². The van der Waals surface area contributed by atoms with Crippen molar-refractivity contribution in [1.82, 2.24) is 4.90 Å². The number of unbranched alkanes of at least 4 members (excludes halogenated alkanes) is 1. The van der Waals surface area contributed by atoms with Gasteiger partial charge in [0.15, 0.2) is 0 Å². The van der Waals surface area contributed by atoms with Crippen LogP contribution < -0.4 is 0 Å². The van der Waals surface area contributed by atoms with Crippen molar-refractivity contribution in [2.24, 2.45) is 0 Å². The number of carbonyl (C=O) groups is 1. The van der Waals surface area contributed by atoms with Crippen molar-refractivity contribution >= 4 is 6.09 Å². The third-order valence-corrected chi connectivity index (χ3v) is 2.43. The maximum Gasteiger partial charge on any atom is 0.409 e. The summed E-state index contributed by atoms with van der Waals surface area (Å²) in [5.41, 5.74) is 1.13. The lowest BCUT2D eigenvalue weighted by molar-refractivity contribution is 0.120. The van der Waals surface area contributed by atoms with Gasteiger partial charge in [-0.15, -0.1) is 0 Å². The molecule has 0 spiro atoms. The van der Waals surface area contributed by atoms with Crippen LogP contribution in [-0.4, -0.2) is 24.6 Å². The molecule has 0 N–H and O–H groups in total. The minimum Gasteiger partial charge on any atom is -0.453 e. The molecule has 1 amide bonds. The van der Waals surface area contributed by atoms with Crippen LogP contribution in [0.1, 0.15) is 25.3 Å². The fraction of sp³-hybridized carbons (Fsp3) is 0.462. The zero-order chi connectivity index (χ0) is 11.8. The van der Waals surface area contributed by atoms with E-state index in [1.54, 1.807) is 4.90 Å². The number of benzene rings is 1. The van der Waals surface area contributed by atoms with Crippen LogP contribution in [0.4, 0.5) is 4.79 Å². The highest BCUT2D eigenvalue weighted by atomic mass is 16.5. The van der Waals surface area contributed by atoms with Crippen LogP contribution in [0.25, 0.3) is 0 Å². The molecule has 88 valence electrons. The summed E-state index contributed by atoms with van der Waals surface area (Å²) in [5, 5.41) is 0. The Hall–Kier alpha value is -1.51. The average Bonchev–Trinajstić information content (AvgIpc) is 2.34. The largest absolute Gasteiger partial charge is 0.453 e. The van der Waals surface area contributed by atoms with Gasteiger partial charge in [0.25, 0.3) is 0 Å².